The predicted molar refractivity (Wildman–Crippen MR) is 54.0 cm³/mol. The zero-order valence-electron chi connectivity index (χ0n) is 8.76. The Balaban J connectivity index is 2.70. The van der Waals surface area contributed by atoms with Crippen LogP contribution >= 0.6 is 0 Å². The summed E-state index contributed by atoms with van der Waals surface area (Å²) in [5.74, 6) is -6.44. The van der Waals surface area contributed by atoms with Crippen molar-refractivity contribution in [3.8, 4) is 5.75 Å². The zero-order valence-corrected chi connectivity index (χ0v) is 8.76. The van der Waals surface area contributed by atoms with E-state index in [1.165, 1.54) is 18.2 Å². The second kappa shape index (κ2) is 3.83. The maximum Gasteiger partial charge on any atom is 0.458 e. The van der Waals surface area contributed by atoms with Crippen LogP contribution in [0, 0.1) is 0 Å². The van der Waals surface area contributed by atoms with Crippen LogP contribution in [0.1, 0.15) is 5.56 Å². The van der Waals surface area contributed by atoms with Gasteiger partial charge >= 0.3 is 12.1 Å². The molecule has 0 amide bonds. The molecule has 0 saturated heterocycles. The Morgan fingerprint density at radius 3 is 2.06 bits per heavy atom. The lowest BCUT2D eigenvalue weighted by Gasteiger charge is -2.20. The highest BCUT2D eigenvalue weighted by Crippen LogP contribution is 2.48. The summed E-state index contributed by atoms with van der Waals surface area (Å²) < 4.78 is 62.9. The van der Waals surface area contributed by atoms with Crippen LogP contribution in [0.25, 0.3) is 10.8 Å². The van der Waals surface area contributed by atoms with Gasteiger partial charge in [-0.15, -0.1) is 0 Å². The van der Waals surface area contributed by atoms with E-state index in [1.807, 2.05) is 0 Å². The molecule has 1 radical (unpaired) electrons. The molecule has 2 rings (SSSR count). The van der Waals surface area contributed by atoms with E-state index in [-0.39, 0.29) is 5.39 Å². The minimum Gasteiger partial charge on any atom is -0.289 e. The van der Waals surface area contributed by atoms with Crippen molar-refractivity contribution in [2.24, 2.45) is 0 Å². The molecule has 0 atom stereocenters. The average Bonchev–Trinajstić information content (AvgIpc) is 2.28. The SMILES string of the molecule is [O]c1c(C(F)(F)C(F)(F)F)ccc2ccccc12. The number of benzene rings is 2. The Labute approximate surface area is 98.5 Å². The van der Waals surface area contributed by atoms with Gasteiger partial charge in [0.1, 0.15) is 0 Å². The Morgan fingerprint density at radius 1 is 0.833 bits per heavy atom. The molecule has 0 unspecified atom stereocenters. The lowest BCUT2D eigenvalue weighted by atomic mass is 10.0. The smallest absolute Gasteiger partial charge is 0.289 e. The Morgan fingerprint density at radius 2 is 1.44 bits per heavy atom. The van der Waals surface area contributed by atoms with Crippen LogP contribution in [0.5, 0.6) is 5.75 Å². The van der Waals surface area contributed by atoms with Crippen LogP contribution in [-0.2, 0) is 11.0 Å². The summed E-state index contributed by atoms with van der Waals surface area (Å²) in [6, 6.07) is 7.24. The minimum atomic E-state index is -5.78. The third-order valence-corrected chi connectivity index (χ3v) is 2.57. The van der Waals surface area contributed by atoms with E-state index in [2.05, 4.69) is 0 Å². The monoisotopic (exact) mass is 261 g/mol. The number of hydrogen-bond donors (Lipinski definition) is 0. The van der Waals surface area contributed by atoms with Crippen LogP contribution in [0.2, 0.25) is 0 Å². The third-order valence-electron chi connectivity index (χ3n) is 2.57. The predicted octanol–water partition coefficient (Wildman–Crippen LogP) is 4.64. The molecular formula is C12H6F5O. The van der Waals surface area contributed by atoms with Gasteiger partial charge in [-0.2, -0.15) is 22.0 Å². The molecule has 6 heteroatoms. The molecule has 0 aliphatic rings. The van der Waals surface area contributed by atoms with E-state index in [0.29, 0.717) is 11.5 Å². The summed E-state index contributed by atoms with van der Waals surface area (Å²) in [6.45, 7) is 0. The van der Waals surface area contributed by atoms with E-state index in [1.54, 1.807) is 6.07 Å². The quantitative estimate of drug-likeness (QED) is 0.666. The van der Waals surface area contributed by atoms with Crippen molar-refractivity contribution >= 4 is 10.8 Å². The van der Waals surface area contributed by atoms with Gasteiger partial charge in [0.15, 0.2) is 5.75 Å². The first-order valence-electron chi connectivity index (χ1n) is 4.89. The maximum absolute atomic E-state index is 13.1. The van der Waals surface area contributed by atoms with E-state index in [0.717, 1.165) is 6.07 Å². The highest BCUT2D eigenvalue weighted by Gasteiger charge is 2.60. The largest absolute Gasteiger partial charge is 0.458 e. The first kappa shape index (κ1) is 12.6. The van der Waals surface area contributed by atoms with Crippen LogP contribution in [0.4, 0.5) is 22.0 Å². The summed E-state index contributed by atoms with van der Waals surface area (Å²) in [4.78, 5) is 0. The maximum atomic E-state index is 13.1. The molecular weight excluding hydrogens is 255 g/mol. The topological polar surface area (TPSA) is 19.9 Å². The second-order valence-corrected chi connectivity index (χ2v) is 3.74. The Hall–Kier alpha value is -1.85. The van der Waals surface area contributed by atoms with E-state index < -0.39 is 23.4 Å². The summed E-state index contributed by atoms with van der Waals surface area (Å²) in [6.07, 6.45) is -5.78. The highest BCUT2D eigenvalue weighted by molar-refractivity contribution is 5.89. The molecule has 0 fully saturated rings. The summed E-state index contributed by atoms with van der Waals surface area (Å²) >= 11 is 0. The standard InChI is InChI=1S/C12H6F5O/c13-11(14,12(15,16)17)9-6-5-7-3-1-2-4-8(7)10(9)18/h1-6H. The molecule has 2 aromatic rings. The number of hydrogen-bond acceptors (Lipinski definition) is 0. The summed E-state index contributed by atoms with van der Waals surface area (Å²) in [5.41, 5.74) is -1.55. The lowest BCUT2D eigenvalue weighted by Crippen LogP contribution is -2.33. The van der Waals surface area contributed by atoms with Gasteiger partial charge in [-0.25, -0.2) is 0 Å². The third kappa shape index (κ3) is 1.77. The molecule has 0 aliphatic heterocycles. The molecule has 1 nitrogen and oxygen atoms in total. The first-order valence-corrected chi connectivity index (χ1v) is 4.89. The van der Waals surface area contributed by atoms with E-state index in [4.69, 9.17) is 0 Å². The van der Waals surface area contributed by atoms with Gasteiger partial charge in [-0.1, -0.05) is 30.3 Å². The van der Waals surface area contributed by atoms with Gasteiger partial charge < -0.3 is 0 Å². The van der Waals surface area contributed by atoms with Crippen molar-refractivity contribution in [2.75, 3.05) is 0 Å². The molecule has 0 spiro atoms. The minimum absolute atomic E-state index is 0.154. The normalized spacial score (nSPS) is 12.9. The number of alkyl halides is 5. The molecule has 0 aromatic heterocycles. The summed E-state index contributed by atoms with van der Waals surface area (Å²) in [7, 11) is 0. The van der Waals surface area contributed by atoms with Crippen LogP contribution in [0.15, 0.2) is 36.4 Å². The molecule has 0 heterocycles. The molecule has 0 saturated carbocycles. The van der Waals surface area contributed by atoms with Gasteiger partial charge in [-0.3, -0.25) is 5.11 Å². The van der Waals surface area contributed by atoms with Crippen LogP contribution in [-0.4, -0.2) is 6.18 Å². The van der Waals surface area contributed by atoms with Crippen molar-refractivity contribution < 1.29 is 27.1 Å². The fourth-order valence-corrected chi connectivity index (χ4v) is 1.64. The van der Waals surface area contributed by atoms with Gasteiger partial charge in [0.05, 0.1) is 5.56 Å². The first-order chi connectivity index (χ1) is 8.25. The van der Waals surface area contributed by atoms with Crippen molar-refractivity contribution in [2.45, 2.75) is 12.1 Å². The fraction of sp³-hybridized carbons (Fsp3) is 0.167. The average molecular weight is 261 g/mol. The molecule has 95 valence electrons. The highest BCUT2D eigenvalue weighted by atomic mass is 19.4. The number of rotatable bonds is 1. The number of fused-ring (bicyclic) bond motifs is 1. The lowest BCUT2D eigenvalue weighted by molar-refractivity contribution is -0.289. The van der Waals surface area contributed by atoms with Gasteiger partial charge in [0, 0.05) is 5.39 Å². The fourth-order valence-electron chi connectivity index (χ4n) is 1.64. The van der Waals surface area contributed by atoms with Crippen molar-refractivity contribution in [1.82, 2.24) is 0 Å². The molecule has 2 aromatic carbocycles. The zero-order chi connectivity index (χ0) is 13.6. The Kier molecular flexibility index (Phi) is 2.68. The van der Waals surface area contributed by atoms with Crippen molar-refractivity contribution in [3.05, 3.63) is 42.0 Å². The number of halogens is 5. The van der Waals surface area contributed by atoms with Crippen LogP contribution in [0.3, 0.4) is 0 Å². The van der Waals surface area contributed by atoms with Gasteiger partial charge in [0.25, 0.3) is 0 Å². The van der Waals surface area contributed by atoms with E-state index in [9.17, 15) is 27.1 Å². The molecule has 18 heavy (non-hydrogen) atoms. The van der Waals surface area contributed by atoms with Crippen LogP contribution < -0.4 is 0 Å². The summed E-state index contributed by atoms with van der Waals surface area (Å²) in [5, 5.41) is 11.8. The van der Waals surface area contributed by atoms with E-state index >= 15 is 0 Å². The van der Waals surface area contributed by atoms with Crippen molar-refractivity contribution in [1.29, 1.82) is 0 Å². The second-order valence-electron chi connectivity index (χ2n) is 3.74. The molecule has 0 aliphatic carbocycles. The Bertz CT molecular complexity index is 589. The molecule has 0 bridgehead atoms. The van der Waals surface area contributed by atoms with Gasteiger partial charge in [0.2, 0.25) is 0 Å². The van der Waals surface area contributed by atoms with Gasteiger partial charge in [-0.05, 0) is 11.5 Å². The van der Waals surface area contributed by atoms with Crippen molar-refractivity contribution in [3.63, 3.8) is 0 Å². The molecule has 0 N–H and O–H groups in total.